The topological polar surface area (TPSA) is 104 Å². The summed E-state index contributed by atoms with van der Waals surface area (Å²) in [5.41, 5.74) is 21.3. The maximum Gasteiger partial charge on any atom is 0.0607 e. The molecule has 0 radical (unpaired) electrons. The minimum atomic E-state index is -0.556. The van der Waals surface area contributed by atoms with Crippen LogP contribution in [-0.2, 0) is 0 Å². The van der Waals surface area contributed by atoms with E-state index in [1.54, 1.807) is 0 Å². The summed E-state index contributed by atoms with van der Waals surface area (Å²) < 4.78 is 0. The van der Waals surface area contributed by atoms with Crippen molar-refractivity contribution in [1.82, 2.24) is 0 Å². The van der Waals surface area contributed by atoms with Gasteiger partial charge in [0.2, 0.25) is 0 Å². The van der Waals surface area contributed by atoms with Crippen LogP contribution in [0.15, 0.2) is 0 Å². The zero-order valence-corrected chi connectivity index (χ0v) is 8.14. The molecule has 0 atom stereocenters. The Kier molecular flexibility index (Phi) is 4.13. The average Bonchev–Trinajstić information content (AvgIpc) is 1.76. The van der Waals surface area contributed by atoms with Gasteiger partial charge in [-0.15, -0.1) is 0 Å². The van der Waals surface area contributed by atoms with Gasteiger partial charge in [0.15, 0.2) is 0 Å². The number of hydrogen-bond acceptors (Lipinski definition) is 4. The quantitative estimate of drug-likeness (QED) is 0.342. The van der Waals surface area contributed by atoms with Gasteiger partial charge in [-0.2, -0.15) is 0 Å². The standard InChI is InChI=1S/C8H22N4/c1-7(9,10)5-3-4-6-8(2,11)12/h3-6,9-12H2,1-2H3. The largest absolute Gasteiger partial charge is 0.314 e. The van der Waals surface area contributed by atoms with Gasteiger partial charge >= 0.3 is 0 Å². The minimum Gasteiger partial charge on any atom is -0.314 e. The fourth-order valence-corrected chi connectivity index (χ4v) is 1.01. The van der Waals surface area contributed by atoms with Gasteiger partial charge in [0.05, 0.1) is 11.3 Å². The summed E-state index contributed by atoms with van der Waals surface area (Å²) in [6.45, 7) is 3.63. The van der Waals surface area contributed by atoms with E-state index in [1.165, 1.54) is 0 Å². The van der Waals surface area contributed by atoms with Gasteiger partial charge in [0, 0.05) is 0 Å². The highest BCUT2D eigenvalue weighted by atomic mass is 14.9. The molecule has 0 heterocycles. The van der Waals surface area contributed by atoms with E-state index in [4.69, 9.17) is 22.9 Å². The van der Waals surface area contributed by atoms with Crippen LogP contribution in [0.4, 0.5) is 0 Å². The van der Waals surface area contributed by atoms with Gasteiger partial charge in [-0.25, -0.2) is 0 Å². The maximum atomic E-state index is 5.60. The molecule has 0 aromatic carbocycles. The highest BCUT2D eigenvalue weighted by Gasteiger charge is 2.13. The second kappa shape index (κ2) is 4.18. The molecular weight excluding hydrogens is 152 g/mol. The third-order valence-electron chi connectivity index (χ3n) is 1.68. The average molecular weight is 174 g/mol. The van der Waals surface area contributed by atoms with Gasteiger partial charge in [-0.1, -0.05) is 12.8 Å². The van der Waals surface area contributed by atoms with Crippen molar-refractivity contribution in [2.75, 3.05) is 0 Å². The lowest BCUT2D eigenvalue weighted by Gasteiger charge is -2.21. The van der Waals surface area contributed by atoms with Crippen LogP contribution < -0.4 is 22.9 Å². The van der Waals surface area contributed by atoms with Gasteiger partial charge in [-0.3, -0.25) is 0 Å². The summed E-state index contributed by atoms with van der Waals surface area (Å²) in [7, 11) is 0. The second-order valence-corrected chi connectivity index (χ2v) is 4.22. The predicted molar refractivity (Wildman–Crippen MR) is 52.0 cm³/mol. The van der Waals surface area contributed by atoms with Crippen LogP contribution in [0.1, 0.15) is 39.5 Å². The molecule has 0 aliphatic rings. The molecule has 4 nitrogen and oxygen atoms in total. The molecule has 4 heteroatoms. The summed E-state index contributed by atoms with van der Waals surface area (Å²) >= 11 is 0. The van der Waals surface area contributed by atoms with Crippen LogP contribution in [-0.4, -0.2) is 11.3 Å². The van der Waals surface area contributed by atoms with E-state index in [2.05, 4.69) is 0 Å². The molecule has 0 aromatic heterocycles. The number of rotatable bonds is 5. The lowest BCUT2D eigenvalue weighted by Crippen LogP contribution is -2.47. The Morgan fingerprint density at radius 2 is 1.00 bits per heavy atom. The fraction of sp³-hybridized carbons (Fsp3) is 1.00. The predicted octanol–water partition coefficient (Wildman–Crippen LogP) is -0.186. The number of unbranched alkanes of at least 4 members (excludes halogenated alkanes) is 1. The van der Waals surface area contributed by atoms with E-state index in [1.807, 2.05) is 13.8 Å². The molecule has 12 heavy (non-hydrogen) atoms. The van der Waals surface area contributed by atoms with Crippen molar-refractivity contribution in [3.05, 3.63) is 0 Å². The molecule has 0 unspecified atom stereocenters. The Labute approximate surface area is 74.7 Å². The normalized spacial score (nSPS) is 13.5. The first-order valence-corrected chi connectivity index (χ1v) is 4.36. The third-order valence-corrected chi connectivity index (χ3v) is 1.68. The fourth-order valence-electron chi connectivity index (χ4n) is 1.01. The van der Waals surface area contributed by atoms with Crippen LogP contribution in [0, 0.1) is 0 Å². The molecule has 74 valence electrons. The first-order chi connectivity index (χ1) is 5.21. The summed E-state index contributed by atoms with van der Waals surface area (Å²) in [6.07, 6.45) is 3.58. The summed E-state index contributed by atoms with van der Waals surface area (Å²) in [4.78, 5) is 0. The van der Waals surface area contributed by atoms with Gasteiger partial charge < -0.3 is 22.9 Å². The van der Waals surface area contributed by atoms with Crippen LogP contribution in [0.2, 0.25) is 0 Å². The summed E-state index contributed by atoms with van der Waals surface area (Å²) in [5.74, 6) is 0. The Morgan fingerprint density at radius 1 is 0.750 bits per heavy atom. The molecule has 8 N–H and O–H groups in total. The van der Waals surface area contributed by atoms with Gasteiger partial charge in [0.1, 0.15) is 0 Å². The van der Waals surface area contributed by atoms with Crippen LogP contribution >= 0.6 is 0 Å². The van der Waals surface area contributed by atoms with Crippen LogP contribution in [0.25, 0.3) is 0 Å². The van der Waals surface area contributed by atoms with Crippen molar-refractivity contribution >= 4 is 0 Å². The Morgan fingerprint density at radius 3 is 1.17 bits per heavy atom. The van der Waals surface area contributed by atoms with Crippen molar-refractivity contribution in [2.45, 2.75) is 50.9 Å². The van der Waals surface area contributed by atoms with Crippen LogP contribution in [0.5, 0.6) is 0 Å². The molecular formula is C8H22N4. The summed E-state index contributed by atoms with van der Waals surface area (Å²) in [5, 5.41) is 0. The van der Waals surface area contributed by atoms with E-state index in [9.17, 15) is 0 Å². The molecule has 0 aliphatic carbocycles. The van der Waals surface area contributed by atoms with Gasteiger partial charge in [-0.05, 0) is 26.7 Å². The van der Waals surface area contributed by atoms with Gasteiger partial charge in [0.25, 0.3) is 0 Å². The van der Waals surface area contributed by atoms with Crippen molar-refractivity contribution in [2.24, 2.45) is 22.9 Å². The highest BCUT2D eigenvalue weighted by Crippen LogP contribution is 2.09. The SMILES string of the molecule is CC(N)(N)CCCCC(C)(N)N. The maximum absolute atomic E-state index is 5.60. The van der Waals surface area contributed by atoms with E-state index in [0.717, 1.165) is 25.7 Å². The molecule has 0 saturated heterocycles. The van der Waals surface area contributed by atoms with E-state index in [0.29, 0.717) is 0 Å². The molecule has 0 spiro atoms. The van der Waals surface area contributed by atoms with Crippen LogP contribution in [0.3, 0.4) is 0 Å². The molecule has 0 aromatic rings. The molecule has 0 rings (SSSR count). The van der Waals surface area contributed by atoms with E-state index in [-0.39, 0.29) is 0 Å². The molecule has 0 bridgehead atoms. The van der Waals surface area contributed by atoms with Crippen molar-refractivity contribution in [3.63, 3.8) is 0 Å². The number of nitrogens with two attached hydrogens (primary N) is 4. The molecule has 0 aliphatic heterocycles. The monoisotopic (exact) mass is 174 g/mol. The Bertz CT molecular complexity index is 104. The molecule has 0 fully saturated rings. The van der Waals surface area contributed by atoms with Crippen molar-refractivity contribution < 1.29 is 0 Å². The van der Waals surface area contributed by atoms with E-state index < -0.39 is 11.3 Å². The molecule has 0 saturated carbocycles. The van der Waals surface area contributed by atoms with Crippen molar-refractivity contribution in [3.8, 4) is 0 Å². The first kappa shape index (κ1) is 11.8. The number of hydrogen-bond donors (Lipinski definition) is 4. The smallest absolute Gasteiger partial charge is 0.0607 e. The summed E-state index contributed by atoms with van der Waals surface area (Å²) in [6, 6.07) is 0. The minimum absolute atomic E-state index is 0.556. The lowest BCUT2D eigenvalue weighted by molar-refractivity contribution is 0.383. The zero-order chi connectivity index (χ0) is 9.83. The lowest BCUT2D eigenvalue weighted by atomic mass is 10.0. The zero-order valence-electron chi connectivity index (χ0n) is 8.14. The Balaban J connectivity index is 3.35. The van der Waals surface area contributed by atoms with Crippen molar-refractivity contribution in [1.29, 1.82) is 0 Å². The second-order valence-electron chi connectivity index (χ2n) is 4.22. The highest BCUT2D eigenvalue weighted by molar-refractivity contribution is 4.72. The third kappa shape index (κ3) is 9.84. The molecule has 0 amide bonds. The Hall–Kier alpha value is -0.160. The first-order valence-electron chi connectivity index (χ1n) is 4.36. The van der Waals surface area contributed by atoms with E-state index >= 15 is 0 Å².